The van der Waals surface area contributed by atoms with Crippen LogP contribution in [0.4, 0.5) is 0 Å². The molecule has 110 valence electrons. The minimum atomic E-state index is -2.89. The largest absolute Gasteiger partial charge is 0.354 e. The molecule has 0 bridgehead atoms. The van der Waals surface area contributed by atoms with Crippen molar-refractivity contribution in [2.24, 2.45) is 11.7 Å². The summed E-state index contributed by atoms with van der Waals surface area (Å²) in [6.45, 7) is 0.389. The zero-order chi connectivity index (χ0) is 14.6. The molecule has 1 amide bonds. The smallest absolute Gasteiger partial charge is 0.237 e. The van der Waals surface area contributed by atoms with E-state index in [0.717, 1.165) is 5.56 Å². The van der Waals surface area contributed by atoms with Crippen LogP contribution in [0.5, 0.6) is 0 Å². The molecule has 20 heavy (non-hydrogen) atoms. The van der Waals surface area contributed by atoms with Gasteiger partial charge in [-0.2, -0.15) is 0 Å². The van der Waals surface area contributed by atoms with Crippen molar-refractivity contribution in [3.8, 4) is 0 Å². The van der Waals surface area contributed by atoms with Gasteiger partial charge < -0.3 is 11.1 Å². The molecule has 3 N–H and O–H groups in total. The summed E-state index contributed by atoms with van der Waals surface area (Å²) in [5.74, 6) is 0.191. The second-order valence-corrected chi connectivity index (χ2v) is 7.54. The summed E-state index contributed by atoms with van der Waals surface area (Å²) in [4.78, 5) is 11.9. The van der Waals surface area contributed by atoms with Gasteiger partial charge in [-0.15, -0.1) is 0 Å². The van der Waals surface area contributed by atoms with Crippen LogP contribution in [-0.2, 0) is 21.1 Å². The number of nitrogens with one attached hydrogen (secondary N) is 1. The Kier molecular flexibility index (Phi) is 4.77. The Balaban J connectivity index is 1.77. The average molecular weight is 296 g/mol. The molecule has 0 radical (unpaired) electrons. The lowest BCUT2D eigenvalue weighted by atomic mass is 10.1. The van der Waals surface area contributed by atoms with Crippen molar-refractivity contribution >= 4 is 15.7 Å². The van der Waals surface area contributed by atoms with Crippen molar-refractivity contribution in [3.05, 3.63) is 35.9 Å². The highest BCUT2D eigenvalue weighted by Gasteiger charge is 2.28. The third kappa shape index (κ3) is 4.31. The van der Waals surface area contributed by atoms with Gasteiger partial charge in [0, 0.05) is 6.54 Å². The number of benzene rings is 1. The summed E-state index contributed by atoms with van der Waals surface area (Å²) >= 11 is 0. The highest BCUT2D eigenvalue weighted by molar-refractivity contribution is 7.91. The molecule has 1 heterocycles. The van der Waals surface area contributed by atoms with Crippen LogP contribution >= 0.6 is 0 Å². The lowest BCUT2D eigenvalue weighted by Gasteiger charge is -2.14. The summed E-state index contributed by atoms with van der Waals surface area (Å²) in [5.41, 5.74) is 6.87. The minimum Gasteiger partial charge on any atom is -0.354 e. The number of carbonyl (C=O) groups excluding carboxylic acids is 1. The summed E-state index contributed by atoms with van der Waals surface area (Å²) in [7, 11) is -2.89. The summed E-state index contributed by atoms with van der Waals surface area (Å²) < 4.78 is 22.6. The maximum absolute atomic E-state index is 11.9. The highest BCUT2D eigenvalue weighted by Crippen LogP contribution is 2.17. The maximum Gasteiger partial charge on any atom is 0.237 e. The van der Waals surface area contributed by atoms with Crippen LogP contribution in [0.25, 0.3) is 0 Å². The van der Waals surface area contributed by atoms with E-state index in [1.807, 2.05) is 30.3 Å². The molecule has 0 aromatic heterocycles. The van der Waals surface area contributed by atoms with Crippen LogP contribution in [0, 0.1) is 5.92 Å². The molecule has 1 aromatic rings. The van der Waals surface area contributed by atoms with Gasteiger partial charge in [-0.3, -0.25) is 4.79 Å². The number of hydrogen-bond donors (Lipinski definition) is 2. The van der Waals surface area contributed by atoms with E-state index in [1.54, 1.807) is 0 Å². The Morgan fingerprint density at radius 2 is 2.05 bits per heavy atom. The average Bonchev–Trinajstić information content (AvgIpc) is 2.76. The van der Waals surface area contributed by atoms with E-state index in [0.29, 0.717) is 19.4 Å². The highest BCUT2D eigenvalue weighted by atomic mass is 32.2. The van der Waals surface area contributed by atoms with Crippen molar-refractivity contribution in [2.45, 2.75) is 18.9 Å². The predicted molar refractivity (Wildman–Crippen MR) is 77.9 cm³/mol. The zero-order valence-electron chi connectivity index (χ0n) is 11.3. The fraction of sp³-hybridized carbons (Fsp3) is 0.500. The van der Waals surface area contributed by atoms with Gasteiger partial charge in [-0.05, 0) is 24.3 Å². The molecule has 0 aliphatic carbocycles. The monoisotopic (exact) mass is 296 g/mol. The van der Waals surface area contributed by atoms with Crippen LogP contribution in [-0.4, -0.2) is 38.4 Å². The van der Waals surface area contributed by atoms with Crippen molar-refractivity contribution in [1.29, 1.82) is 0 Å². The quantitative estimate of drug-likeness (QED) is 0.807. The first-order valence-corrected chi connectivity index (χ1v) is 8.56. The molecule has 1 aliphatic rings. The van der Waals surface area contributed by atoms with E-state index < -0.39 is 15.9 Å². The van der Waals surface area contributed by atoms with Crippen LogP contribution < -0.4 is 11.1 Å². The molecule has 1 saturated heterocycles. The van der Waals surface area contributed by atoms with Gasteiger partial charge in [0.25, 0.3) is 0 Å². The molecule has 2 atom stereocenters. The SMILES string of the molecule is N[C@@H](Cc1ccccc1)C(=O)NCC1CCS(=O)(=O)C1. The fourth-order valence-corrected chi connectivity index (χ4v) is 4.23. The molecule has 1 unspecified atom stereocenters. The topological polar surface area (TPSA) is 89.3 Å². The Morgan fingerprint density at radius 3 is 2.65 bits per heavy atom. The minimum absolute atomic E-state index is 0.0212. The molecule has 1 aliphatic heterocycles. The van der Waals surface area contributed by atoms with Gasteiger partial charge >= 0.3 is 0 Å². The Labute approximate surface area is 119 Å². The lowest BCUT2D eigenvalue weighted by molar-refractivity contribution is -0.122. The van der Waals surface area contributed by atoms with E-state index in [9.17, 15) is 13.2 Å². The summed E-state index contributed by atoms with van der Waals surface area (Å²) in [5, 5.41) is 2.75. The first-order chi connectivity index (χ1) is 9.46. The zero-order valence-corrected chi connectivity index (χ0v) is 12.1. The van der Waals surface area contributed by atoms with Crippen LogP contribution in [0.3, 0.4) is 0 Å². The van der Waals surface area contributed by atoms with Crippen molar-refractivity contribution < 1.29 is 13.2 Å². The molecule has 5 nitrogen and oxygen atoms in total. The molecule has 1 fully saturated rings. The summed E-state index contributed by atoms with van der Waals surface area (Å²) in [6.07, 6.45) is 1.10. The first-order valence-electron chi connectivity index (χ1n) is 6.74. The van der Waals surface area contributed by atoms with Gasteiger partial charge in [-0.25, -0.2) is 8.42 Å². The van der Waals surface area contributed by atoms with Gasteiger partial charge in [0.1, 0.15) is 0 Å². The van der Waals surface area contributed by atoms with Crippen molar-refractivity contribution in [2.75, 3.05) is 18.1 Å². The standard InChI is InChI=1S/C14H20N2O3S/c15-13(8-11-4-2-1-3-5-11)14(17)16-9-12-6-7-20(18,19)10-12/h1-5,12-13H,6-10,15H2,(H,16,17)/t12?,13-/m0/s1. The van der Waals surface area contributed by atoms with E-state index in [1.165, 1.54) is 0 Å². The molecule has 0 spiro atoms. The molecular formula is C14H20N2O3S. The van der Waals surface area contributed by atoms with Crippen LogP contribution in [0.15, 0.2) is 30.3 Å². The van der Waals surface area contributed by atoms with Crippen molar-refractivity contribution in [3.63, 3.8) is 0 Å². The Bertz CT molecular complexity index is 557. The number of amides is 1. The lowest BCUT2D eigenvalue weighted by Crippen LogP contribution is -2.43. The summed E-state index contributed by atoms with van der Waals surface area (Å²) in [6, 6.07) is 8.98. The van der Waals surface area contributed by atoms with Gasteiger partial charge in [-0.1, -0.05) is 30.3 Å². The van der Waals surface area contributed by atoms with Gasteiger partial charge in [0.05, 0.1) is 17.5 Å². The third-order valence-electron chi connectivity index (χ3n) is 3.53. The second kappa shape index (κ2) is 6.37. The normalized spacial score (nSPS) is 22.4. The number of rotatable bonds is 5. The van der Waals surface area contributed by atoms with Crippen LogP contribution in [0.2, 0.25) is 0 Å². The third-order valence-corrected chi connectivity index (χ3v) is 5.36. The van der Waals surface area contributed by atoms with Crippen molar-refractivity contribution in [1.82, 2.24) is 5.32 Å². The van der Waals surface area contributed by atoms with E-state index in [-0.39, 0.29) is 23.3 Å². The molecule has 1 aromatic carbocycles. The molecular weight excluding hydrogens is 276 g/mol. The number of nitrogens with two attached hydrogens (primary N) is 1. The first kappa shape index (κ1) is 15.0. The molecule has 0 saturated carbocycles. The maximum atomic E-state index is 11.9. The van der Waals surface area contributed by atoms with Gasteiger partial charge in [0.15, 0.2) is 9.84 Å². The predicted octanol–water partition coefficient (Wildman–Crippen LogP) is 0.107. The number of carbonyl (C=O) groups is 1. The second-order valence-electron chi connectivity index (χ2n) is 5.31. The molecule has 2 rings (SSSR count). The number of hydrogen-bond acceptors (Lipinski definition) is 4. The van der Waals surface area contributed by atoms with Crippen LogP contribution in [0.1, 0.15) is 12.0 Å². The van der Waals surface area contributed by atoms with E-state index in [2.05, 4.69) is 5.32 Å². The van der Waals surface area contributed by atoms with Gasteiger partial charge in [0.2, 0.25) is 5.91 Å². The fourth-order valence-electron chi connectivity index (χ4n) is 2.37. The Hall–Kier alpha value is -1.40. The van der Waals surface area contributed by atoms with E-state index >= 15 is 0 Å². The number of sulfone groups is 1. The van der Waals surface area contributed by atoms with E-state index in [4.69, 9.17) is 5.73 Å². The molecule has 6 heteroatoms. The Morgan fingerprint density at radius 1 is 1.35 bits per heavy atom.